The molecule has 2 heterocycles. The van der Waals surface area contributed by atoms with Gasteiger partial charge >= 0.3 is 13.5 Å². The SMILES string of the molecule is CC(C)COC(=O)C(C)(C)NP(=O)(CO[C@H](C)Cn1cnc2c(N)ncnc21)ON=C(CC(C)C)CC(C)C. The molecule has 0 aliphatic rings. The molecule has 12 nitrogen and oxygen atoms in total. The smallest absolute Gasteiger partial charge is 0.365 e. The third-order valence-electron chi connectivity index (χ3n) is 5.51. The molecule has 0 saturated carbocycles. The molecule has 220 valence electrons. The molecule has 0 spiro atoms. The minimum absolute atomic E-state index is 0.163. The summed E-state index contributed by atoms with van der Waals surface area (Å²) in [4.78, 5) is 25.3. The number of carbonyl (C=O) groups is 1. The summed E-state index contributed by atoms with van der Waals surface area (Å²) < 4.78 is 33.0. The monoisotopic (exact) mass is 567 g/mol. The zero-order chi connectivity index (χ0) is 29.4. The largest absolute Gasteiger partial charge is 0.464 e. The first-order valence-electron chi connectivity index (χ1n) is 13.4. The van der Waals surface area contributed by atoms with Gasteiger partial charge in [-0.1, -0.05) is 46.7 Å². The summed E-state index contributed by atoms with van der Waals surface area (Å²) in [6.45, 7) is 17.9. The number of nitrogen functional groups attached to an aromatic ring is 1. The van der Waals surface area contributed by atoms with Gasteiger partial charge in [0.2, 0.25) is 0 Å². The maximum Gasteiger partial charge on any atom is 0.365 e. The minimum Gasteiger partial charge on any atom is -0.464 e. The number of carbonyl (C=O) groups excluding carboxylic acids is 1. The molecule has 1 unspecified atom stereocenters. The summed E-state index contributed by atoms with van der Waals surface area (Å²) in [6.07, 6.45) is 3.65. The Morgan fingerprint density at radius 1 is 1.08 bits per heavy atom. The number of ether oxygens (including phenoxy) is 2. The second-order valence-electron chi connectivity index (χ2n) is 11.8. The van der Waals surface area contributed by atoms with Crippen LogP contribution in [0.1, 0.15) is 75.2 Å². The Labute approximate surface area is 232 Å². The van der Waals surface area contributed by atoms with Crippen molar-refractivity contribution in [2.75, 3.05) is 18.7 Å². The Morgan fingerprint density at radius 2 is 1.72 bits per heavy atom. The summed E-state index contributed by atoms with van der Waals surface area (Å²) in [5.74, 6) is 0.609. The van der Waals surface area contributed by atoms with E-state index < -0.39 is 25.1 Å². The van der Waals surface area contributed by atoms with Crippen LogP contribution in [-0.4, -0.2) is 55.8 Å². The van der Waals surface area contributed by atoms with Crippen LogP contribution >= 0.6 is 7.52 Å². The number of oxime groups is 1. The fourth-order valence-corrected chi connectivity index (χ4v) is 5.58. The molecule has 2 aromatic rings. The number of anilines is 1. The lowest BCUT2D eigenvalue weighted by atomic mass is 9.99. The van der Waals surface area contributed by atoms with Gasteiger partial charge in [-0.25, -0.2) is 20.0 Å². The van der Waals surface area contributed by atoms with Crippen molar-refractivity contribution in [2.24, 2.45) is 22.9 Å². The van der Waals surface area contributed by atoms with E-state index in [1.54, 1.807) is 24.7 Å². The van der Waals surface area contributed by atoms with Crippen LogP contribution in [0.2, 0.25) is 0 Å². The van der Waals surface area contributed by atoms with Gasteiger partial charge in [0, 0.05) is 0 Å². The number of hydrogen-bond donors (Lipinski definition) is 2. The molecule has 13 heteroatoms. The quantitative estimate of drug-likeness (QED) is 0.122. The maximum atomic E-state index is 14.1. The van der Waals surface area contributed by atoms with Crippen molar-refractivity contribution in [3.05, 3.63) is 12.7 Å². The van der Waals surface area contributed by atoms with Crippen molar-refractivity contribution >= 4 is 36.2 Å². The first-order valence-corrected chi connectivity index (χ1v) is 15.3. The second-order valence-corrected chi connectivity index (χ2v) is 13.8. The van der Waals surface area contributed by atoms with E-state index in [9.17, 15) is 9.36 Å². The third kappa shape index (κ3) is 10.5. The molecular formula is C26H46N7O5P. The Balaban J connectivity index is 2.23. The van der Waals surface area contributed by atoms with E-state index in [1.165, 1.54) is 6.33 Å². The highest BCUT2D eigenvalue weighted by Crippen LogP contribution is 2.46. The number of nitrogens with two attached hydrogens (primary N) is 1. The number of fused-ring (bicyclic) bond motifs is 1. The van der Waals surface area contributed by atoms with Crippen LogP contribution in [0.15, 0.2) is 17.8 Å². The summed E-state index contributed by atoms with van der Waals surface area (Å²) in [5.41, 5.74) is 6.45. The molecule has 0 aromatic carbocycles. The van der Waals surface area contributed by atoms with Crippen LogP contribution in [0, 0.1) is 17.8 Å². The van der Waals surface area contributed by atoms with Gasteiger partial charge in [-0.05, 0) is 51.4 Å². The summed E-state index contributed by atoms with van der Waals surface area (Å²) in [7, 11) is -3.81. The third-order valence-corrected chi connectivity index (χ3v) is 7.24. The van der Waals surface area contributed by atoms with Crippen LogP contribution < -0.4 is 10.8 Å². The molecule has 0 bridgehead atoms. The Kier molecular flexibility index (Phi) is 11.9. The topological polar surface area (TPSA) is 156 Å². The number of nitrogens with one attached hydrogen (secondary N) is 1. The molecule has 0 fully saturated rings. The van der Waals surface area contributed by atoms with Crippen LogP contribution in [0.3, 0.4) is 0 Å². The molecular weight excluding hydrogens is 521 g/mol. The number of nitrogens with zero attached hydrogens (tertiary/aromatic N) is 5. The predicted molar refractivity (Wildman–Crippen MR) is 153 cm³/mol. The first-order chi connectivity index (χ1) is 18.1. The fraction of sp³-hybridized carbons (Fsp3) is 0.731. The van der Waals surface area contributed by atoms with Gasteiger partial charge in [-0.15, -0.1) is 0 Å². The van der Waals surface area contributed by atoms with Crippen LogP contribution in [0.4, 0.5) is 5.82 Å². The zero-order valence-electron chi connectivity index (χ0n) is 24.8. The number of esters is 1. The highest BCUT2D eigenvalue weighted by molar-refractivity contribution is 7.56. The molecule has 39 heavy (non-hydrogen) atoms. The lowest BCUT2D eigenvalue weighted by Crippen LogP contribution is -2.47. The van der Waals surface area contributed by atoms with Gasteiger partial charge in [0.05, 0.1) is 31.3 Å². The van der Waals surface area contributed by atoms with Crippen molar-refractivity contribution < 1.29 is 23.5 Å². The summed E-state index contributed by atoms with van der Waals surface area (Å²) in [5, 5.41) is 7.19. The van der Waals surface area contributed by atoms with E-state index in [-0.39, 0.29) is 24.7 Å². The standard InChI is InChI=1S/C26H46N7O5P/c1-17(2)10-21(11-18(3)4)31-38-39(35,32-26(8,9)25(34)36-13-19(5)6)16-37-20(7)12-33-15-30-22-23(27)28-14-29-24(22)33/h14-15,17-20H,10-13,16H2,1-9H3,(H,32,35)(H2,27,28,29)/t20-,39?/m1/s1. The lowest BCUT2D eigenvalue weighted by molar-refractivity contribution is -0.150. The van der Waals surface area contributed by atoms with E-state index in [1.807, 2.05) is 20.8 Å². The summed E-state index contributed by atoms with van der Waals surface area (Å²) >= 11 is 0. The Bertz CT molecular complexity index is 1150. The molecule has 2 atom stereocenters. The molecule has 2 aromatic heterocycles. The maximum absolute atomic E-state index is 14.1. The normalized spacial score (nSPS) is 14.6. The minimum atomic E-state index is -3.81. The number of hydrogen-bond acceptors (Lipinski definition) is 10. The van der Waals surface area contributed by atoms with Gasteiger partial charge in [0.15, 0.2) is 11.5 Å². The summed E-state index contributed by atoms with van der Waals surface area (Å²) in [6, 6.07) is 0. The van der Waals surface area contributed by atoms with E-state index in [4.69, 9.17) is 19.8 Å². The average Bonchev–Trinajstić information content (AvgIpc) is 3.22. The van der Waals surface area contributed by atoms with Crippen LogP contribution in [0.5, 0.6) is 0 Å². The number of aromatic nitrogens is 4. The van der Waals surface area contributed by atoms with E-state index in [0.29, 0.717) is 42.4 Å². The van der Waals surface area contributed by atoms with Crippen molar-refractivity contribution in [2.45, 2.75) is 93.3 Å². The second kappa shape index (κ2) is 14.2. The van der Waals surface area contributed by atoms with Crippen molar-refractivity contribution in [3.8, 4) is 0 Å². The van der Waals surface area contributed by atoms with Crippen LogP contribution in [0.25, 0.3) is 11.2 Å². The van der Waals surface area contributed by atoms with E-state index in [0.717, 1.165) is 5.71 Å². The average molecular weight is 568 g/mol. The molecule has 0 saturated heterocycles. The molecule has 0 amide bonds. The van der Waals surface area contributed by atoms with Gasteiger partial charge in [-0.3, -0.25) is 9.36 Å². The number of imidazole rings is 1. The van der Waals surface area contributed by atoms with Gasteiger partial charge in [0.25, 0.3) is 0 Å². The lowest BCUT2D eigenvalue weighted by Gasteiger charge is -2.29. The predicted octanol–water partition coefficient (Wildman–Crippen LogP) is 5.00. The molecule has 0 aliphatic heterocycles. The van der Waals surface area contributed by atoms with E-state index in [2.05, 4.69) is 52.9 Å². The molecule has 0 aliphatic carbocycles. The van der Waals surface area contributed by atoms with Crippen molar-refractivity contribution in [1.29, 1.82) is 0 Å². The molecule has 0 radical (unpaired) electrons. The highest BCUT2D eigenvalue weighted by Gasteiger charge is 2.40. The van der Waals surface area contributed by atoms with Crippen molar-refractivity contribution in [3.63, 3.8) is 0 Å². The highest BCUT2D eigenvalue weighted by atomic mass is 31.2. The van der Waals surface area contributed by atoms with E-state index >= 15 is 0 Å². The number of rotatable bonds is 16. The molecule has 3 N–H and O–H groups in total. The van der Waals surface area contributed by atoms with Gasteiger partial charge in [-0.2, -0.15) is 0 Å². The van der Waals surface area contributed by atoms with Crippen molar-refractivity contribution in [1.82, 2.24) is 24.6 Å². The van der Waals surface area contributed by atoms with Gasteiger partial charge in [0.1, 0.15) is 23.7 Å². The zero-order valence-corrected chi connectivity index (χ0v) is 25.7. The molecule has 2 rings (SSSR count). The Hall–Kier alpha value is -2.56. The fourth-order valence-electron chi connectivity index (χ4n) is 3.78. The first kappa shape index (κ1) is 32.7. The van der Waals surface area contributed by atoms with Crippen LogP contribution in [-0.2, 0) is 30.0 Å². The van der Waals surface area contributed by atoms with Gasteiger partial charge < -0.3 is 24.4 Å². The Morgan fingerprint density at radius 3 is 2.31 bits per heavy atom.